The predicted octanol–water partition coefficient (Wildman–Crippen LogP) is 3.90. The first kappa shape index (κ1) is 14.7. The smallest absolute Gasteiger partial charge is 0.142 e. The average molecular weight is 349 g/mol. The highest BCUT2D eigenvalue weighted by molar-refractivity contribution is 9.10. The Hall–Kier alpha value is -1.23. The maximum Gasteiger partial charge on any atom is 0.142 e. The van der Waals surface area contributed by atoms with Gasteiger partial charge in [-0.1, -0.05) is 36.4 Å². The zero-order chi connectivity index (χ0) is 14.8. The normalized spacial score (nSPS) is 19.1. The summed E-state index contributed by atoms with van der Waals surface area (Å²) >= 11 is 3.25. The molecule has 4 heteroatoms. The van der Waals surface area contributed by atoms with Crippen LogP contribution in [0, 0.1) is 11.7 Å². The van der Waals surface area contributed by atoms with Crippen molar-refractivity contribution < 1.29 is 4.39 Å². The van der Waals surface area contributed by atoms with Gasteiger partial charge in [-0.15, -0.1) is 0 Å². The van der Waals surface area contributed by atoms with Gasteiger partial charge in [0.15, 0.2) is 0 Å². The van der Waals surface area contributed by atoms with E-state index < -0.39 is 0 Å². The molecule has 0 aliphatic heterocycles. The Kier molecular flexibility index (Phi) is 4.38. The first-order valence-electron chi connectivity index (χ1n) is 7.17. The third-order valence-corrected chi connectivity index (χ3v) is 4.96. The van der Waals surface area contributed by atoms with Crippen molar-refractivity contribution >= 4 is 15.9 Å². The van der Waals surface area contributed by atoms with E-state index in [2.05, 4.69) is 45.6 Å². The van der Waals surface area contributed by atoms with Crippen LogP contribution in [-0.2, 0) is 12.8 Å². The Morgan fingerprint density at radius 2 is 1.90 bits per heavy atom. The average Bonchev–Trinajstić information content (AvgIpc) is 2.52. The standard InChI is InChI=1S/C17H18BrFN2/c18-15-7-3-6-14(16(15)19)17(21-20)13-9-8-11-4-1-2-5-12(11)10-13/h1-7,13,17,21H,8-10,20H2. The molecule has 110 valence electrons. The monoisotopic (exact) mass is 348 g/mol. The van der Waals surface area contributed by atoms with Gasteiger partial charge in [-0.05, 0) is 58.3 Å². The summed E-state index contributed by atoms with van der Waals surface area (Å²) in [6.45, 7) is 0. The fourth-order valence-electron chi connectivity index (χ4n) is 3.25. The summed E-state index contributed by atoms with van der Waals surface area (Å²) in [4.78, 5) is 0. The molecule has 2 unspecified atom stereocenters. The minimum Gasteiger partial charge on any atom is -0.271 e. The van der Waals surface area contributed by atoms with Crippen molar-refractivity contribution in [2.45, 2.75) is 25.3 Å². The maximum absolute atomic E-state index is 14.3. The van der Waals surface area contributed by atoms with Crippen LogP contribution in [0.3, 0.4) is 0 Å². The third kappa shape index (κ3) is 2.89. The summed E-state index contributed by atoms with van der Waals surface area (Å²) < 4.78 is 14.8. The number of halogens is 2. The number of nitrogens with two attached hydrogens (primary N) is 1. The summed E-state index contributed by atoms with van der Waals surface area (Å²) in [6.07, 6.45) is 2.96. The maximum atomic E-state index is 14.3. The van der Waals surface area contributed by atoms with E-state index in [9.17, 15) is 4.39 Å². The molecule has 3 N–H and O–H groups in total. The fourth-order valence-corrected chi connectivity index (χ4v) is 3.63. The van der Waals surface area contributed by atoms with Crippen molar-refractivity contribution in [2.75, 3.05) is 0 Å². The number of hydrogen-bond donors (Lipinski definition) is 2. The molecule has 0 saturated heterocycles. The van der Waals surface area contributed by atoms with Gasteiger partial charge in [0.2, 0.25) is 0 Å². The molecule has 0 heterocycles. The van der Waals surface area contributed by atoms with Gasteiger partial charge in [0.1, 0.15) is 5.82 Å². The molecule has 0 amide bonds. The van der Waals surface area contributed by atoms with Gasteiger partial charge in [0.05, 0.1) is 10.5 Å². The Morgan fingerprint density at radius 1 is 1.14 bits per heavy atom. The molecule has 1 aliphatic carbocycles. The molecular weight excluding hydrogens is 331 g/mol. The second-order valence-corrected chi connectivity index (χ2v) is 6.41. The molecule has 3 rings (SSSR count). The fraction of sp³-hybridized carbons (Fsp3) is 0.294. The van der Waals surface area contributed by atoms with E-state index >= 15 is 0 Å². The first-order valence-corrected chi connectivity index (χ1v) is 7.97. The largest absolute Gasteiger partial charge is 0.271 e. The highest BCUT2D eigenvalue weighted by Crippen LogP contribution is 2.35. The van der Waals surface area contributed by atoms with Crippen LogP contribution in [0.1, 0.15) is 29.2 Å². The molecular formula is C17H18BrFN2. The molecule has 2 nitrogen and oxygen atoms in total. The molecule has 2 aromatic carbocycles. The van der Waals surface area contributed by atoms with Crippen LogP contribution in [0.25, 0.3) is 0 Å². The molecule has 0 saturated carbocycles. The second-order valence-electron chi connectivity index (χ2n) is 5.56. The van der Waals surface area contributed by atoms with Gasteiger partial charge in [-0.25, -0.2) is 4.39 Å². The van der Waals surface area contributed by atoms with E-state index in [1.165, 1.54) is 11.1 Å². The highest BCUT2D eigenvalue weighted by Gasteiger charge is 2.28. The number of aryl methyl sites for hydroxylation is 1. The highest BCUT2D eigenvalue weighted by atomic mass is 79.9. The summed E-state index contributed by atoms with van der Waals surface area (Å²) in [5.41, 5.74) is 6.21. The topological polar surface area (TPSA) is 38.0 Å². The van der Waals surface area contributed by atoms with Crippen LogP contribution in [0.2, 0.25) is 0 Å². The van der Waals surface area contributed by atoms with Crippen molar-refractivity contribution in [2.24, 2.45) is 11.8 Å². The van der Waals surface area contributed by atoms with E-state index in [4.69, 9.17) is 5.84 Å². The summed E-state index contributed by atoms with van der Waals surface area (Å²) in [6, 6.07) is 13.7. The number of fused-ring (bicyclic) bond motifs is 1. The van der Waals surface area contributed by atoms with E-state index in [-0.39, 0.29) is 11.9 Å². The molecule has 0 bridgehead atoms. The van der Waals surface area contributed by atoms with Crippen molar-refractivity contribution in [3.8, 4) is 0 Å². The second kappa shape index (κ2) is 6.26. The summed E-state index contributed by atoms with van der Waals surface area (Å²) in [5.74, 6) is 5.82. The lowest BCUT2D eigenvalue weighted by Gasteiger charge is -2.31. The molecule has 1 aliphatic rings. The molecule has 2 aromatic rings. The molecule has 2 atom stereocenters. The van der Waals surface area contributed by atoms with Crippen LogP contribution in [-0.4, -0.2) is 0 Å². The zero-order valence-electron chi connectivity index (χ0n) is 11.7. The van der Waals surface area contributed by atoms with Crippen molar-refractivity contribution in [1.29, 1.82) is 0 Å². The zero-order valence-corrected chi connectivity index (χ0v) is 13.2. The Balaban J connectivity index is 1.90. The summed E-state index contributed by atoms with van der Waals surface area (Å²) in [7, 11) is 0. The van der Waals surface area contributed by atoms with Crippen LogP contribution in [0.5, 0.6) is 0 Å². The Bertz CT molecular complexity index is 644. The van der Waals surface area contributed by atoms with E-state index in [1.807, 2.05) is 12.1 Å². The SMILES string of the molecule is NNC(c1cccc(Br)c1F)C1CCc2ccccc2C1. The molecule has 0 aromatic heterocycles. The lowest BCUT2D eigenvalue weighted by Crippen LogP contribution is -2.36. The molecule has 0 spiro atoms. The van der Waals surface area contributed by atoms with Gasteiger partial charge in [0.25, 0.3) is 0 Å². The first-order chi connectivity index (χ1) is 10.2. The lowest BCUT2D eigenvalue weighted by molar-refractivity contribution is 0.321. The van der Waals surface area contributed by atoms with Gasteiger partial charge < -0.3 is 0 Å². The number of nitrogens with one attached hydrogen (secondary N) is 1. The summed E-state index contributed by atoms with van der Waals surface area (Å²) in [5, 5.41) is 0. The molecule has 0 fully saturated rings. The minimum atomic E-state index is -0.223. The minimum absolute atomic E-state index is 0.171. The van der Waals surface area contributed by atoms with Crippen molar-refractivity contribution in [1.82, 2.24) is 5.43 Å². The van der Waals surface area contributed by atoms with Gasteiger partial charge >= 0.3 is 0 Å². The van der Waals surface area contributed by atoms with Crippen molar-refractivity contribution in [3.63, 3.8) is 0 Å². The van der Waals surface area contributed by atoms with Crippen LogP contribution in [0.15, 0.2) is 46.9 Å². The number of hydrogen-bond acceptors (Lipinski definition) is 2. The van der Waals surface area contributed by atoms with Gasteiger partial charge in [-0.2, -0.15) is 0 Å². The van der Waals surface area contributed by atoms with Gasteiger partial charge in [-0.3, -0.25) is 11.3 Å². The van der Waals surface area contributed by atoms with Crippen molar-refractivity contribution in [3.05, 3.63) is 69.4 Å². The van der Waals surface area contributed by atoms with E-state index in [1.54, 1.807) is 6.07 Å². The van der Waals surface area contributed by atoms with Crippen LogP contribution >= 0.6 is 15.9 Å². The number of rotatable bonds is 3. The number of hydrazine groups is 1. The van der Waals surface area contributed by atoms with Gasteiger partial charge in [0, 0.05) is 5.56 Å². The quantitative estimate of drug-likeness (QED) is 0.652. The molecule has 0 radical (unpaired) electrons. The molecule has 21 heavy (non-hydrogen) atoms. The Morgan fingerprint density at radius 3 is 2.67 bits per heavy atom. The third-order valence-electron chi connectivity index (χ3n) is 4.35. The van der Waals surface area contributed by atoms with Crippen LogP contribution in [0.4, 0.5) is 4.39 Å². The lowest BCUT2D eigenvalue weighted by atomic mass is 9.78. The van der Waals surface area contributed by atoms with E-state index in [0.717, 1.165) is 19.3 Å². The number of benzene rings is 2. The van der Waals surface area contributed by atoms with Crippen LogP contribution < -0.4 is 11.3 Å². The predicted molar refractivity (Wildman–Crippen MR) is 86.1 cm³/mol. The van der Waals surface area contributed by atoms with E-state index in [0.29, 0.717) is 16.0 Å². The Labute approximate surface area is 132 Å².